The smallest absolute Gasteiger partial charge is 0.194 e. The zero-order valence-electron chi connectivity index (χ0n) is 11.1. The number of carbonyl (C=O) groups excluding carboxylic acids is 1. The highest BCUT2D eigenvalue weighted by Gasteiger charge is 2.25. The fraction of sp³-hybridized carbons (Fsp3) is 0.235. The van der Waals surface area contributed by atoms with Gasteiger partial charge in [0.05, 0.1) is 0 Å². The minimum absolute atomic E-state index is 0.127. The largest absolute Gasteiger partial charge is 0.381 e. The van der Waals surface area contributed by atoms with Crippen LogP contribution in [0.2, 0.25) is 0 Å². The van der Waals surface area contributed by atoms with Crippen LogP contribution in [0.25, 0.3) is 11.1 Å². The van der Waals surface area contributed by atoms with E-state index in [4.69, 9.17) is 4.74 Å². The van der Waals surface area contributed by atoms with Gasteiger partial charge in [-0.1, -0.05) is 46.3 Å². The van der Waals surface area contributed by atoms with Gasteiger partial charge in [0, 0.05) is 28.8 Å². The Balaban J connectivity index is 0.000000205. The van der Waals surface area contributed by atoms with Gasteiger partial charge < -0.3 is 4.74 Å². The van der Waals surface area contributed by atoms with E-state index < -0.39 is 0 Å². The molecule has 0 N–H and O–H groups in total. The SMILES string of the molecule is C1CCOC1.O=C1c2ccccc2-c2ccc(Br)cc21. The van der Waals surface area contributed by atoms with Gasteiger partial charge in [-0.2, -0.15) is 0 Å². The minimum atomic E-state index is 0.127. The lowest BCUT2D eigenvalue weighted by molar-refractivity contribution is 0.104. The normalized spacial score (nSPS) is 15.3. The van der Waals surface area contributed by atoms with Gasteiger partial charge in [-0.05, 0) is 36.1 Å². The Hall–Kier alpha value is -1.45. The van der Waals surface area contributed by atoms with Crippen LogP contribution in [0.5, 0.6) is 0 Å². The van der Waals surface area contributed by atoms with Crippen LogP contribution < -0.4 is 0 Å². The lowest BCUT2D eigenvalue weighted by atomic mass is 10.1. The summed E-state index contributed by atoms with van der Waals surface area (Å²) in [6.07, 6.45) is 2.56. The zero-order valence-corrected chi connectivity index (χ0v) is 12.7. The molecule has 0 amide bonds. The lowest BCUT2D eigenvalue weighted by Crippen LogP contribution is -1.94. The maximum Gasteiger partial charge on any atom is 0.194 e. The first-order valence-corrected chi connectivity index (χ1v) is 7.58. The van der Waals surface area contributed by atoms with E-state index in [0.29, 0.717) is 0 Å². The number of hydrogen-bond acceptors (Lipinski definition) is 2. The van der Waals surface area contributed by atoms with Crippen molar-refractivity contribution in [3.8, 4) is 11.1 Å². The molecule has 1 saturated heterocycles. The number of carbonyl (C=O) groups is 1. The van der Waals surface area contributed by atoms with E-state index in [0.717, 1.165) is 39.9 Å². The first-order valence-electron chi connectivity index (χ1n) is 6.79. The van der Waals surface area contributed by atoms with Gasteiger partial charge in [0.1, 0.15) is 0 Å². The fourth-order valence-electron chi connectivity index (χ4n) is 2.51. The number of hydrogen-bond donors (Lipinski definition) is 0. The molecule has 0 spiro atoms. The molecule has 0 bridgehead atoms. The van der Waals surface area contributed by atoms with Crippen LogP contribution in [-0.4, -0.2) is 19.0 Å². The second-order valence-electron chi connectivity index (χ2n) is 4.88. The van der Waals surface area contributed by atoms with Crippen LogP contribution >= 0.6 is 15.9 Å². The highest BCUT2D eigenvalue weighted by molar-refractivity contribution is 9.10. The number of ether oxygens (including phenoxy) is 1. The van der Waals surface area contributed by atoms with Crippen LogP contribution in [0.4, 0.5) is 0 Å². The average molecular weight is 331 g/mol. The molecule has 1 fully saturated rings. The zero-order chi connectivity index (χ0) is 13.9. The standard InChI is InChI=1S/C13H7BrO.C4H8O/c14-8-5-6-10-9-3-1-2-4-11(9)13(15)12(10)7-8;1-2-4-5-3-1/h1-7H;1-4H2. The molecule has 0 unspecified atom stereocenters. The predicted octanol–water partition coefficient (Wildman–Crippen LogP) is 4.46. The highest BCUT2D eigenvalue weighted by Crippen LogP contribution is 2.37. The fourth-order valence-corrected chi connectivity index (χ4v) is 2.87. The second-order valence-corrected chi connectivity index (χ2v) is 5.80. The molecule has 2 aliphatic rings. The Labute approximate surface area is 126 Å². The topological polar surface area (TPSA) is 26.3 Å². The van der Waals surface area contributed by atoms with E-state index in [1.54, 1.807) is 0 Å². The van der Waals surface area contributed by atoms with Crippen molar-refractivity contribution in [1.29, 1.82) is 0 Å². The summed E-state index contributed by atoms with van der Waals surface area (Å²) in [5, 5.41) is 0. The van der Waals surface area contributed by atoms with E-state index in [9.17, 15) is 4.79 Å². The molecule has 0 aromatic heterocycles. The van der Waals surface area contributed by atoms with Crippen molar-refractivity contribution in [3.63, 3.8) is 0 Å². The van der Waals surface area contributed by atoms with Crippen LogP contribution in [-0.2, 0) is 4.74 Å². The molecular formula is C17H15BrO2. The molecule has 2 nitrogen and oxygen atoms in total. The Morgan fingerprint density at radius 3 is 2.15 bits per heavy atom. The van der Waals surface area contributed by atoms with Gasteiger partial charge in [0.2, 0.25) is 0 Å². The summed E-state index contributed by atoms with van der Waals surface area (Å²) in [5.41, 5.74) is 3.69. The highest BCUT2D eigenvalue weighted by atomic mass is 79.9. The van der Waals surface area contributed by atoms with Crippen LogP contribution in [0, 0.1) is 0 Å². The first-order chi connectivity index (χ1) is 9.77. The van der Waals surface area contributed by atoms with Gasteiger partial charge >= 0.3 is 0 Å². The molecule has 3 heteroatoms. The predicted molar refractivity (Wildman–Crippen MR) is 83.1 cm³/mol. The van der Waals surface area contributed by atoms with Crippen molar-refractivity contribution in [2.45, 2.75) is 12.8 Å². The molecular weight excluding hydrogens is 316 g/mol. The number of ketones is 1. The van der Waals surface area contributed by atoms with Crippen molar-refractivity contribution in [1.82, 2.24) is 0 Å². The third-order valence-corrected chi connectivity index (χ3v) is 4.01. The van der Waals surface area contributed by atoms with Crippen molar-refractivity contribution >= 4 is 21.7 Å². The monoisotopic (exact) mass is 330 g/mol. The number of halogens is 1. The summed E-state index contributed by atoms with van der Waals surface area (Å²) in [7, 11) is 0. The van der Waals surface area contributed by atoms with Crippen LogP contribution in [0.15, 0.2) is 46.9 Å². The van der Waals surface area contributed by atoms with Crippen molar-refractivity contribution < 1.29 is 9.53 Å². The number of benzene rings is 2. The van der Waals surface area contributed by atoms with Gasteiger partial charge in [0.15, 0.2) is 5.78 Å². The van der Waals surface area contributed by atoms with Crippen molar-refractivity contribution in [2.24, 2.45) is 0 Å². The van der Waals surface area contributed by atoms with E-state index in [1.807, 2.05) is 42.5 Å². The molecule has 2 aromatic carbocycles. The number of fused-ring (bicyclic) bond motifs is 3. The van der Waals surface area contributed by atoms with E-state index in [1.165, 1.54) is 12.8 Å². The summed E-state index contributed by atoms with van der Waals surface area (Å²) >= 11 is 3.38. The molecule has 0 atom stereocenters. The Morgan fingerprint density at radius 1 is 0.850 bits per heavy atom. The van der Waals surface area contributed by atoms with Gasteiger partial charge in [-0.25, -0.2) is 0 Å². The summed E-state index contributed by atoms with van der Waals surface area (Å²) in [6, 6.07) is 13.6. The second kappa shape index (κ2) is 5.90. The number of rotatable bonds is 0. The molecule has 0 saturated carbocycles. The molecule has 4 rings (SSSR count). The van der Waals surface area contributed by atoms with Crippen molar-refractivity contribution in [3.05, 3.63) is 58.1 Å². The maximum absolute atomic E-state index is 12.0. The molecule has 2 aromatic rings. The summed E-state index contributed by atoms with van der Waals surface area (Å²) in [4.78, 5) is 12.0. The first kappa shape index (κ1) is 13.5. The van der Waals surface area contributed by atoms with E-state index in [-0.39, 0.29) is 5.78 Å². The van der Waals surface area contributed by atoms with E-state index in [2.05, 4.69) is 15.9 Å². The summed E-state index contributed by atoms with van der Waals surface area (Å²) in [5.74, 6) is 0.127. The van der Waals surface area contributed by atoms with Crippen LogP contribution in [0.3, 0.4) is 0 Å². The molecule has 102 valence electrons. The van der Waals surface area contributed by atoms with Crippen LogP contribution in [0.1, 0.15) is 28.8 Å². The van der Waals surface area contributed by atoms with E-state index >= 15 is 0 Å². The molecule has 0 radical (unpaired) electrons. The molecule has 20 heavy (non-hydrogen) atoms. The van der Waals surface area contributed by atoms with Gasteiger partial charge in [-0.15, -0.1) is 0 Å². The summed E-state index contributed by atoms with van der Waals surface area (Å²) < 4.78 is 5.89. The van der Waals surface area contributed by atoms with Gasteiger partial charge in [0.25, 0.3) is 0 Å². The minimum Gasteiger partial charge on any atom is -0.381 e. The summed E-state index contributed by atoms with van der Waals surface area (Å²) in [6.45, 7) is 2.00. The Bertz CT molecular complexity index is 638. The quantitative estimate of drug-likeness (QED) is 0.608. The Kier molecular flexibility index (Phi) is 3.99. The molecule has 1 heterocycles. The Morgan fingerprint density at radius 2 is 1.50 bits per heavy atom. The molecule has 1 aliphatic heterocycles. The third-order valence-electron chi connectivity index (χ3n) is 3.52. The average Bonchev–Trinajstić information content (AvgIpc) is 3.12. The third kappa shape index (κ3) is 2.56. The maximum atomic E-state index is 12.0. The lowest BCUT2D eigenvalue weighted by Gasteiger charge is -1.98. The van der Waals surface area contributed by atoms with Gasteiger partial charge in [-0.3, -0.25) is 4.79 Å². The van der Waals surface area contributed by atoms with Crippen molar-refractivity contribution in [2.75, 3.05) is 13.2 Å². The molecule has 1 aliphatic carbocycles.